The van der Waals surface area contributed by atoms with Gasteiger partial charge in [-0.15, -0.1) is 0 Å². The first-order chi connectivity index (χ1) is 13.3. The smallest absolute Gasteiger partial charge is 0.407 e. The number of ether oxygens (including phenoxy) is 2. The monoisotopic (exact) mass is 493 g/mol. The summed E-state index contributed by atoms with van der Waals surface area (Å²) in [7, 11) is 0. The average molecular weight is 493 g/mol. The number of carbonyl (C=O) groups is 2. The zero-order valence-electron chi connectivity index (χ0n) is 16.2. The fraction of sp³-hybridized carbons (Fsp3) is 0.364. The number of alkyl carbamates (subject to hydrolysis) is 1. The highest BCUT2D eigenvalue weighted by Crippen LogP contribution is 2.44. The molecule has 0 aliphatic heterocycles. The van der Waals surface area contributed by atoms with E-state index in [1.165, 1.54) is 11.1 Å². The van der Waals surface area contributed by atoms with Gasteiger partial charge in [0, 0.05) is 10.3 Å². The molecule has 0 heterocycles. The number of rotatable bonds is 5. The highest BCUT2D eigenvalue weighted by Gasteiger charge is 2.30. The summed E-state index contributed by atoms with van der Waals surface area (Å²) < 4.78 is 11.2. The van der Waals surface area contributed by atoms with Crippen LogP contribution in [0.5, 0.6) is 0 Å². The molecule has 0 radical (unpaired) electrons. The van der Waals surface area contributed by atoms with Crippen molar-refractivity contribution in [2.45, 2.75) is 38.3 Å². The molecule has 1 atom stereocenters. The molecule has 3 rings (SSSR count). The molecule has 1 aliphatic carbocycles. The van der Waals surface area contributed by atoms with Crippen LogP contribution < -0.4 is 5.32 Å². The molecule has 2 aromatic rings. The fourth-order valence-electron chi connectivity index (χ4n) is 3.32. The van der Waals surface area contributed by atoms with Gasteiger partial charge < -0.3 is 14.8 Å². The third-order valence-electron chi connectivity index (χ3n) is 4.48. The number of halogens is 1. The number of benzene rings is 2. The molecule has 5 nitrogen and oxygen atoms in total. The molecule has 0 spiro atoms. The Morgan fingerprint density at radius 2 is 1.57 bits per heavy atom. The van der Waals surface area contributed by atoms with Crippen molar-refractivity contribution in [3.8, 4) is 11.1 Å². The lowest BCUT2D eigenvalue weighted by atomic mass is 9.98. The van der Waals surface area contributed by atoms with Crippen LogP contribution in [0.4, 0.5) is 4.79 Å². The standard InChI is InChI=1S/C22H24INO4/c1-22(2,3)28-20(25)19(12-23)24-21(26)27-13-18-16-10-6-4-8-14(16)15-9-5-7-11-17(15)18/h4-11,18-19H,12-13H2,1-3H3,(H,24,26)/t19-/m1/s1. The van der Waals surface area contributed by atoms with E-state index in [1.807, 2.05) is 46.9 Å². The molecule has 1 amide bonds. The summed E-state index contributed by atoms with van der Waals surface area (Å²) >= 11 is 2.05. The summed E-state index contributed by atoms with van der Waals surface area (Å²) in [4.78, 5) is 24.5. The third-order valence-corrected chi connectivity index (χ3v) is 5.36. The topological polar surface area (TPSA) is 64.6 Å². The minimum Gasteiger partial charge on any atom is -0.458 e. The maximum Gasteiger partial charge on any atom is 0.407 e. The molecule has 0 unspecified atom stereocenters. The molecular weight excluding hydrogens is 469 g/mol. The summed E-state index contributed by atoms with van der Waals surface area (Å²) in [6.07, 6.45) is -0.616. The van der Waals surface area contributed by atoms with E-state index in [-0.39, 0.29) is 12.5 Å². The summed E-state index contributed by atoms with van der Waals surface area (Å²) in [6, 6.07) is 15.6. The predicted molar refractivity (Wildman–Crippen MR) is 117 cm³/mol. The molecule has 1 N–H and O–H groups in total. The van der Waals surface area contributed by atoms with Crippen molar-refractivity contribution in [3.63, 3.8) is 0 Å². The van der Waals surface area contributed by atoms with Crippen molar-refractivity contribution in [1.82, 2.24) is 5.32 Å². The molecule has 6 heteroatoms. The highest BCUT2D eigenvalue weighted by molar-refractivity contribution is 14.1. The first-order valence-corrected chi connectivity index (χ1v) is 10.7. The molecule has 148 valence electrons. The van der Waals surface area contributed by atoms with Crippen LogP contribution >= 0.6 is 22.6 Å². The van der Waals surface area contributed by atoms with E-state index in [0.29, 0.717) is 4.43 Å². The number of hydrogen-bond donors (Lipinski definition) is 1. The zero-order valence-corrected chi connectivity index (χ0v) is 18.4. The van der Waals surface area contributed by atoms with Crippen LogP contribution in [-0.4, -0.2) is 34.7 Å². The van der Waals surface area contributed by atoms with Crippen molar-refractivity contribution in [2.75, 3.05) is 11.0 Å². The quantitative estimate of drug-likeness (QED) is 0.374. The van der Waals surface area contributed by atoms with Gasteiger partial charge in [0.15, 0.2) is 0 Å². The number of nitrogens with one attached hydrogen (secondary N) is 1. The van der Waals surface area contributed by atoms with Crippen molar-refractivity contribution in [2.24, 2.45) is 0 Å². The van der Waals surface area contributed by atoms with Gasteiger partial charge in [0.2, 0.25) is 0 Å². The molecule has 2 aromatic carbocycles. The van der Waals surface area contributed by atoms with Gasteiger partial charge >= 0.3 is 12.1 Å². The number of carbonyl (C=O) groups excluding carboxylic acids is 2. The number of amides is 1. The fourth-order valence-corrected chi connectivity index (χ4v) is 3.90. The number of fused-ring (bicyclic) bond motifs is 3. The van der Waals surface area contributed by atoms with Gasteiger partial charge in [0.05, 0.1) is 0 Å². The second-order valence-electron chi connectivity index (χ2n) is 7.71. The van der Waals surface area contributed by atoms with E-state index in [1.54, 1.807) is 20.8 Å². The van der Waals surface area contributed by atoms with Crippen LogP contribution in [0.25, 0.3) is 11.1 Å². The lowest BCUT2D eigenvalue weighted by Crippen LogP contribution is -2.45. The second-order valence-corrected chi connectivity index (χ2v) is 8.59. The van der Waals surface area contributed by atoms with E-state index in [9.17, 15) is 9.59 Å². The van der Waals surface area contributed by atoms with Crippen LogP contribution in [0.15, 0.2) is 48.5 Å². The minimum absolute atomic E-state index is 0.0160. The summed E-state index contributed by atoms with van der Waals surface area (Å²) in [5, 5.41) is 2.62. The number of alkyl halides is 1. The molecule has 28 heavy (non-hydrogen) atoms. The maximum absolute atomic E-state index is 12.3. The van der Waals surface area contributed by atoms with Crippen LogP contribution in [0.3, 0.4) is 0 Å². The van der Waals surface area contributed by atoms with E-state index in [0.717, 1.165) is 11.1 Å². The molecule has 0 saturated carbocycles. The average Bonchev–Trinajstić information content (AvgIpc) is 2.97. The molecule has 0 fully saturated rings. The van der Waals surface area contributed by atoms with E-state index >= 15 is 0 Å². The van der Waals surface area contributed by atoms with Gasteiger partial charge in [-0.1, -0.05) is 71.1 Å². The lowest BCUT2D eigenvalue weighted by Gasteiger charge is -2.23. The second kappa shape index (κ2) is 8.51. The summed E-state index contributed by atoms with van der Waals surface area (Å²) in [6.45, 7) is 5.59. The van der Waals surface area contributed by atoms with Crippen LogP contribution in [0.1, 0.15) is 37.8 Å². The third kappa shape index (κ3) is 4.66. The van der Waals surface area contributed by atoms with Gasteiger partial charge in [-0.25, -0.2) is 9.59 Å². The number of esters is 1. The van der Waals surface area contributed by atoms with Gasteiger partial charge in [0.1, 0.15) is 18.2 Å². The predicted octanol–water partition coefficient (Wildman–Crippen LogP) is 4.67. The van der Waals surface area contributed by atoms with Crippen molar-refractivity contribution in [1.29, 1.82) is 0 Å². The first-order valence-electron chi connectivity index (χ1n) is 9.20. The minimum atomic E-state index is -0.740. The highest BCUT2D eigenvalue weighted by atomic mass is 127. The Kier molecular flexibility index (Phi) is 6.27. The maximum atomic E-state index is 12.3. The Balaban J connectivity index is 1.65. The zero-order chi connectivity index (χ0) is 20.3. The van der Waals surface area contributed by atoms with Crippen molar-refractivity contribution >= 4 is 34.7 Å². The van der Waals surface area contributed by atoms with Crippen LogP contribution in [-0.2, 0) is 14.3 Å². The van der Waals surface area contributed by atoms with E-state index in [2.05, 4.69) is 29.6 Å². The Morgan fingerprint density at radius 1 is 1.04 bits per heavy atom. The molecular formula is C22H24INO4. The first kappa shape index (κ1) is 20.6. The molecule has 0 saturated heterocycles. The van der Waals surface area contributed by atoms with Gasteiger partial charge in [0.25, 0.3) is 0 Å². The van der Waals surface area contributed by atoms with Crippen molar-refractivity contribution in [3.05, 3.63) is 59.7 Å². The Labute approximate surface area is 178 Å². The Hall–Kier alpha value is -2.09. The van der Waals surface area contributed by atoms with Crippen LogP contribution in [0, 0.1) is 0 Å². The Morgan fingerprint density at radius 3 is 2.07 bits per heavy atom. The van der Waals surface area contributed by atoms with Gasteiger partial charge in [-0.3, -0.25) is 0 Å². The van der Waals surface area contributed by atoms with E-state index in [4.69, 9.17) is 9.47 Å². The number of hydrogen-bond acceptors (Lipinski definition) is 4. The normalized spacial score (nSPS) is 14.0. The SMILES string of the molecule is CC(C)(C)OC(=O)[C@@H](CI)NC(=O)OCC1c2ccccc2-c2ccccc21. The molecule has 0 aromatic heterocycles. The molecule has 0 bridgehead atoms. The largest absolute Gasteiger partial charge is 0.458 e. The molecule has 1 aliphatic rings. The van der Waals surface area contributed by atoms with E-state index < -0.39 is 23.7 Å². The lowest BCUT2D eigenvalue weighted by molar-refractivity contribution is -0.156. The van der Waals surface area contributed by atoms with Crippen LogP contribution in [0.2, 0.25) is 0 Å². The van der Waals surface area contributed by atoms with Gasteiger partial charge in [-0.2, -0.15) is 0 Å². The Bertz CT molecular complexity index is 829. The summed E-state index contributed by atoms with van der Waals surface area (Å²) in [5.74, 6) is -0.479. The summed E-state index contributed by atoms with van der Waals surface area (Å²) in [5.41, 5.74) is 4.03. The van der Waals surface area contributed by atoms with Gasteiger partial charge in [-0.05, 0) is 43.0 Å². The van der Waals surface area contributed by atoms with Crippen molar-refractivity contribution < 1.29 is 19.1 Å².